The van der Waals surface area contributed by atoms with E-state index in [0.29, 0.717) is 5.69 Å². The lowest BCUT2D eigenvalue weighted by Gasteiger charge is -2.52. The summed E-state index contributed by atoms with van der Waals surface area (Å²) in [6, 6.07) is 10.3. The fraction of sp³-hybridized carbons (Fsp3) is 0.444. The minimum absolute atomic E-state index is 0.0426. The Morgan fingerprint density at radius 3 is 2.70 bits per heavy atom. The minimum atomic E-state index is -0.0426. The molecular weight excluding hydrogens is 308 g/mol. The number of carbonyl (C=O) groups is 1. The number of nitrogens with zero attached hydrogens (tertiary/aromatic N) is 1. The van der Waals surface area contributed by atoms with Gasteiger partial charge >= 0.3 is 0 Å². The van der Waals surface area contributed by atoms with E-state index in [0.717, 1.165) is 43.0 Å². The zero-order chi connectivity index (χ0) is 15.7. The molecule has 1 saturated carbocycles. The van der Waals surface area contributed by atoms with Gasteiger partial charge < -0.3 is 10.1 Å². The van der Waals surface area contributed by atoms with Gasteiger partial charge in [0.2, 0.25) is 0 Å². The van der Waals surface area contributed by atoms with Gasteiger partial charge in [-0.3, -0.25) is 4.79 Å². The molecule has 1 N–H and O–H groups in total. The van der Waals surface area contributed by atoms with Gasteiger partial charge in [0.25, 0.3) is 5.91 Å². The van der Waals surface area contributed by atoms with Crippen LogP contribution in [0.1, 0.15) is 36.2 Å². The average Bonchev–Trinajstić information content (AvgIpc) is 3.10. The van der Waals surface area contributed by atoms with Crippen molar-refractivity contribution in [2.45, 2.75) is 31.7 Å². The van der Waals surface area contributed by atoms with Crippen LogP contribution in [0.2, 0.25) is 0 Å². The summed E-state index contributed by atoms with van der Waals surface area (Å²) < 4.78 is 5.47. The number of thiazole rings is 1. The summed E-state index contributed by atoms with van der Waals surface area (Å²) >= 11 is 1.52. The van der Waals surface area contributed by atoms with E-state index in [1.165, 1.54) is 17.8 Å². The second-order valence-electron chi connectivity index (χ2n) is 6.44. The Labute approximate surface area is 139 Å². The lowest BCUT2D eigenvalue weighted by atomic mass is 9.60. The predicted octanol–water partition coefficient (Wildman–Crippen LogP) is 3.50. The van der Waals surface area contributed by atoms with E-state index in [2.05, 4.69) is 10.3 Å². The number of carbonyl (C=O) groups excluding carboxylic acids is 1. The molecule has 2 heterocycles. The molecule has 120 valence electrons. The van der Waals surface area contributed by atoms with Gasteiger partial charge in [-0.05, 0) is 31.1 Å². The molecule has 1 aromatic heterocycles. The monoisotopic (exact) mass is 328 g/mol. The highest BCUT2D eigenvalue weighted by atomic mass is 32.1. The summed E-state index contributed by atoms with van der Waals surface area (Å²) in [5, 5.41) is 5.96. The van der Waals surface area contributed by atoms with Crippen molar-refractivity contribution in [1.82, 2.24) is 10.3 Å². The normalized spacial score (nSPS) is 22.5. The van der Waals surface area contributed by atoms with Crippen LogP contribution in [0.25, 0.3) is 10.6 Å². The van der Waals surface area contributed by atoms with Crippen LogP contribution < -0.4 is 5.32 Å². The first kappa shape index (κ1) is 14.8. The summed E-state index contributed by atoms with van der Waals surface area (Å²) in [5.41, 5.74) is 1.86. The summed E-state index contributed by atoms with van der Waals surface area (Å²) in [5.74, 6) is -0.0426. The Balaban J connectivity index is 1.45. The molecule has 1 unspecified atom stereocenters. The Morgan fingerprint density at radius 1 is 1.22 bits per heavy atom. The smallest absolute Gasteiger partial charge is 0.271 e. The fourth-order valence-electron chi connectivity index (χ4n) is 3.62. The highest BCUT2D eigenvalue weighted by molar-refractivity contribution is 7.13. The second kappa shape index (κ2) is 6.06. The molecule has 4 nitrogen and oxygen atoms in total. The molecule has 1 atom stereocenters. The minimum Gasteiger partial charge on any atom is -0.381 e. The van der Waals surface area contributed by atoms with Gasteiger partial charge in [0.15, 0.2) is 0 Å². The zero-order valence-corrected chi connectivity index (χ0v) is 13.8. The van der Waals surface area contributed by atoms with Crippen molar-refractivity contribution in [3.63, 3.8) is 0 Å². The van der Waals surface area contributed by atoms with E-state index in [9.17, 15) is 4.79 Å². The molecule has 1 aliphatic heterocycles. The number of nitrogens with one attached hydrogen (secondary N) is 1. The molecule has 0 bridgehead atoms. The molecule has 5 heteroatoms. The van der Waals surface area contributed by atoms with Crippen molar-refractivity contribution in [1.29, 1.82) is 0 Å². The average molecular weight is 328 g/mol. The van der Waals surface area contributed by atoms with Crippen LogP contribution in [-0.2, 0) is 4.74 Å². The van der Waals surface area contributed by atoms with Crippen LogP contribution >= 0.6 is 11.3 Å². The molecule has 2 aliphatic rings. The van der Waals surface area contributed by atoms with Gasteiger partial charge in [-0.15, -0.1) is 11.3 Å². The number of benzene rings is 1. The van der Waals surface area contributed by atoms with Crippen LogP contribution in [0, 0.1) is 5.41 Å². The first-order valence-electron chi connectivity index (χ1n) is 8.16. The van der Waals surface area contributed by atoms with Crippen LogP contribution in [0.15, 0.2) is 35.7 Å². The SMILES string of the molecule is O=C(NC1CCC12CCOCC2)c1csc(-c2ccccc2)n1. The predicted molar refractivity (Wildman–Crippen MR) is 90.5 cm³/mol. The molecule has 1 aromatic carbocycles. The highest BCUT2D eigenvalue weighted by Crippen LogP contribution is 2.48. The van der Waals surface area contributed by atoms with E-state index in [-0.39, 0.29) is 17.4 Å². The van der Waals surface area contributed by atoms with Gasteiger partial charge in [-0.2, -0.15) is 0 Å². The fourth-order valence-corrected chi connectivity index (χ4v) is 4.43. The number of amides is 1. The third-order valence-electron chi connectivity index (χ3n) is 5.22. The summed E-state index contributed by atoms with van der Waals surface area (Å²) in [6.07, 6.45) is 4.39. The van der Waals surface area contributed by atoms with Crippen molar-refractivity contribution < 1.29 is 9.53 Å². The second-order valence-corrected chi connectivity index (χ2v) is 7.30. The van der Waals surface area contributed by atoms with Gasteiger partial charge in [0.05, 0.1) is 0 Å². The molecule has 0 radical (unpaired) electrons. The Bertz CT molecular complexity index is 692. The third kappa shape index (κ3) is 2.79. The van der Waals surface area contributed by atoms with Crippen LogP contribution in [0.5, 0.6) is 0 Å². The van der Waals surface area contributed by atoms with Crippen LogP contribution in [-0.4, -0.2) is 30.1 Å². The number of ether oxygens (including phenoxy) is 1. The van der Waals surface area contributed by atoms with Crippen molar-refractivity contribution in [3.05, 3.63) is 41.4 Å². The Kier molecular flexibility index (Phi) is 3.91. The molecule has 2 aromatic rings. The third-order valence-corrected chi connectivity index (χ3v) is 6.11. The maximum Gasteiger partial charge on any atom is 0.271 e. The lowest BCUT2D eigenvalue weighted by Crippen LogP contribution is -2.57. The van der Waals surface area contributed by atoms with Gasteiger partial charge in [0, 0.05) is 30.2 Å². The van der Waals surface area contributed by atoms with Crippen LogP contribution in [0.4, 0.5) is 0 Å². The highest BCUT2D eigenvalue weighted by Gasteiger charge is 2.48. The lowest BCUT2D eigenvalue weighted by molar-refractivity contribution is -0.0523. The summed E-state index contributed by atoms with van der Waals surface area (Å²) in [7, 11) is 0. The quantitative estimate of drug-likeness (QED) is 0.938. The number of hydrogen-bond donors (Lipinski definition) is 1. The maximum atomic E-state index is 12.5. The summed E-state index contributed by atoms with van der Waals surface area (Å²) in [6.45, 7) is 1.64. The van der Waals surface area contributed by atoms with Crippen molar-refractivity contribution in [3.8, 4) is 10.6 Å². The Morgan fingerprint density at radius 2 is 2.00 bits per heavy atom. The molecule has 1 spiro atoms. The largest absolute Gasteiger partial charge is 0.381 e. The van der Waals surface area contributed by atoms with E-state index in [4.69, 9.17) is 4.74 Å². The molecular formula is C18H20N2O2S. The van der Waals surface area contributed by atoms with Crippen LogP contribution in [0.3, 0.4) is 0 Å². The Hall–Kier alpha value is -1.72. The standard InChI is InChI=1S/C18H20N2O2S/c21-16(20-15-6-7-18(15)8-10-22-11-9-18)14-12-23-17(19-14)13-4-2-1-3-5-13/h1-5,12,15H,6-11H2,(H,20,21). The first-order chi connectivity index (χ1) is 11.3. The molecule has 4 rings (SSSR count). The first-order valence-corrected chi connectivity index (χ1v) is 9.04. The molecule has 23 heavy (non-hydrogen) atoms. The van der Waals surface area contributed by atoms with E-state index in [1.54, 1.807) is 0 Å². The zero-order valence-electron chi connectivity index (χ0n) is 13.0. The van der Waals surface area contributed by atoms with E-state index in [1.807, 2.05) is 35.7 Å². The molecule has 1 amide bonds. The van der Waals surface area contributed by atoms with E-state index < -0.39 is 0 Å². The maximum absolute atomic E-state index is 12.5. The van der Waals surface area contributed by atoms with Crippen molar-refractivity contribution in [2.75, 3.05) is 13.2 Å². The number of aromatic nitrogens is 1. The topological polar surface area (TPSA) is 51.2 Å². The summed E-state index contributed by atoms with van der Waals surface area (Å²) in [4.78, 5) is 17.0. The van der Waals surface area contributed by atoms with Gasteiger partial charge in [0.1, 0.15) is 10.7 Å². The molecule has 2 fully saturated rings. The molecule has 1 aliphatic carbocycles. The molecule has 1 saturated heterocycles. The number of hydrogen-bond acceptors (Lipinski definition) is 4. The van der Waals surface area contributed by atoms with Crippen molar-refractivity contribution in [2.24, 2.45) is 5.41 Å². The van der Waals surface area contributed by atoms with E-state index >= 15 is 0 Å². The number of rotatable bonds is 3. The van der Waals surface area contributed by atoms with Crippen molar-refractivity contribution >= 4 is 17.2 Å². The van der Waals surface area contributed by atoms with Gasteiger partial charge in [-0.1, -0.05) is 30.3 Å². The van der Waals surface area contributed by atoms with Gasteiger partial charge in [-0.25, -0.2) is 4.98 Å².